The lowest BCUT2D eigenvalue weighted by atomic mass is 10.1. The van der Waals surface area contributed by atoms with Crippen molar-refractivity contribution in [3.63, 3.8) is 0 Å². The number of sulfonamides is 1. The molecule has 0 fully saturated rings. The van der Waals surface area contributed by atoms with Crippen LogP contribution in [0.2, 0.25) is 0 Å². The lowest BCUT2D eigenvalue weighted by Crippen LogP contribution is -2.52. The minimum Gasteiger partial charge on any atom is -0.352 e. The first kappa shape index (κ1) is 24.9. The molecule has 1 unspecified atom stereocenters. The Hall–Kier alpha value is -2.39. The molecule has 0 aliphatic heterocycles. The number of amides is 2. The minimum absolute atomic E-state index is 0.0866. The maximum absolute atomic E-state index is 13.3. The van der Waals surface area contributed by atoms with Crippen LogP contribution in [0.15, 0.2) is 59.1 Å². The van der Waals surface area contributed by atoms with Gasteiger partial charge in [-0.25, -0.2) is 8.42 Å². The second kappa shape index (κ2) is 10.8. The topological polar surface area (TPSA) is 86.8 Å². The normalized spacial score (nSPS) is 12.3. The molecular formula is C22H28BrN3O4S. The first-order valence-corrected chi connectivity index (χ1v) is 12.5. The maximum atomic E-state index is 13.3. The average Bonchev–Trinajstić information content (AvgIpc) is 2.69. The summed E-state index contributed by atoms with van der Waals surface area (Å²) in [7, 11) is -3.75. The van der Waals surface area contributed by atoms with Gasteiger partial charge in [-0.1, -0.05) is 42.5 Å². The van der Waals surface area contributed by atoms with Crippen LogP contribution >= 0.6 is 15.9 Å². The highest BCUT2D eigenvalue weighted by Gasteiger charge is 2.30. The summed E-state index contributed by atoms with van der Waals surface area (Å²) >= 11 is 3.35. The quantitative estimate of drug-likeness (QED) is 0.562. The second-order valence-corrected chi connectivity index (χ2v) is 10.3. The van der Waals surface area contributed by atoms with Gasteiger partial charge in [-0.2, -0.15) is 0 Å². The molecule has 2 aromatic carbocycles. The smallest absolute Gasteiger partial charge is 0.244 e. The number of carbonyl (C=O) groups excluding carboxylic acids is 2. The molecule has 0 aromatic heterocycles. The number of para-hydroxylation sites is 1. The standard InChI is InChI=1S/C22H28BrN3O4S/c1-16(2)24-22(28)17(3)25(14-18-10-6-5-7-11-18)21(27)15-26(31(4,29)30)20-13-9-8-12-19(20)23/h5-13,16-17H,14-15H2,1-4H3,(H,24,28). The van der Waals surface area contributed by atoms with Crippen molar-refractivity contribution in [3.8, 4) is 0 Å². The molecular weight excluding hydrogens is 482 g/mol. The third-order valence-corrected chi connectivity index (χ3v) is 6.39. The van der Waals surface area contributed by atoms with E-state index in [2.05, 4.69) is 21.2 Å². The molecule has 0 spiro atoms. The Balaban J connectivity index is 2.38. The van der Waals surface area contributed by atoms with Crippen LogP contribution in [0, 0.1) is 0 Å². The summed E-state index contributed by atoms with van der Waals surface area (Å²) in [5, 5.41) is 2.82. The van der Waals surface area contributed by atoms with Crippen LogP contribution in [0.3, 0.4) is 0 Å². The van der Waals surface area contributed by atoms with Gasteiger partial charge >= 0.3 is 0 Å². The minimum atomic E-state index is -3.75. The monoisotopic (exact) mass is 509 g/mol. The van der Waals surface area contributed by atoms with E-state index >= 15 is 0 Å². The van der Waals surface area contributed by atoms with Crippen LogP contribution in [-0.2, 0) is 26.2 Å². The van der Waals surface area contributed by atoms with Crippen molar-refractivity contribution in [2.75, 3.05) is 17.1 Å². The molecule has 2 amide bonds. The molecule has 2 aromatic rings. The summed E-state index contributed by atoms with van der Waals surface area (Å²) in [4.78, 5) is 27.4. The fourth-order valence-corrected chi connectivity index (χ4v) is 4.49. The van der Waals surface area contributed by atoms with Gasteiger partial charge in [0.25, 0.3) is 0 Å². The van der Waals surface area contributed by atoms with Crippen LogP contribution in [0.4, 0.5) is 5.69 Å². The molecule has 1 atom stereocenters. The molecule has 9 heteroatoms. The van der Waals surface area contributed by atoms with Crippen LogP contribution < -0.4 is 9.62 Å². The SMILES string of the molecule is CC(C)NC(=O)C(C)N(Cc1ccccc1)C(=O)CN(c1ccccc1Br)S(C)(=O)=O. The highest BCUT2D eigenvalue weighted by Crippen LogP contribution is 2.28. The van der Waals surface area contributed by atoms with E-state index in [1.54, 1.807) is 31.2 Å². The summed E-state index contributed by atoms with van der Waals surface area (Å²) in [6, 6.07) is 15.2. The van der Waals surface area contributed by atoms with Crippen LogP contribution in [0.5, 0.6) is 0 Å². The number of benzene rings is 2. The number of nitrogens with one attached hydrogen (secondary N) is 1. The number of carbonyl (C=O) groups is 2. The van der Waals surface area contributed by atoms with Gasteiger partial charge in [0, 0.05) is 17.1 Å². The van der Waals surface area contributed by atoms with E-state index in [4.69, 9.17) is 0 Å². The number of anilines is 1. The van der Waals surface area contributed by atoms with E-state index in [0.717, 1.165) is 16.1 Å². The van der Waals surface area contributed by atoms with Crippen LogP contribution in [-0.4, -0.2) is 50.0 Å². The van der Waals surface area contributed by atoms with Crippen molar-refractivity contribution in [1.29, 1.82) is 0 Å². The Labute approximate surface area is 192 Å². The number of halogens is 1. The van der Waals surface area contributed by atoms with Gasteiger partial charge < -0.3 is 10.2 Å². The average molecular weight is 510 g/mol. The van der Waals surface area contributed by atoms with Gasteiger partial charge in [-0.15, -0.1) is 0 Å². The number of rotatable bonds is 9. The first-order chi connectivity index (χ1) is 14.5. The largest absolute Gasteiger partial charge is 0.352 e. The molecule has 0 saturated carbocycles. The molecule has 7 nitrogen and oxygen atoms in total. The predicted molar refractivity (Wildman–Crippen MR) is 126 cm³/mol. The second-order valence-electron chi connectivity index (χ2n) is 7.57. The Morgan fingerprint density at radius 3 is 2.13 bits per heavy atom. The Kier molecular flexibility index (Phi) is 8.64. The van der Waals surface area contributed by atoms with E-state index in [1.807, 2.05) is 44.2 Å². The molecule has 0 aliphatic rings. The van der Waals surface area contributed by atoms with E-state index in [1.165, 1.54) is 4.90 Å². The molecule has 0 heterocycles. The summed E-state index contributed by atoms with van der Waals surface area (Å²) < 4.78 is 26.6. The van der Waals surface area contributed by atoms with E-state index in [-0.39, 0.29) is 18.5 Å². The van der Waals surface area contributed by atoms with Crippen molar-refractivity contribution >= 4 is 43.5 Å². The molecule has 168 valence electrons. The molecule has 0 saturated heterocycles. The third-order valence-electron chi connectivity index (χ3n) is 4.59. The third kappa shape index (κ3) is 7.07. The predicted octanol–water partition coefficient (Wildman–Crippen LogP) is 3.16. The molecule has 31 heavy (non-hydrogen) atoms. The van der Waals surface area contributed by atoms with E-state index in [0.29, 0.717) is 10.2 Å². The Bertz CT molecular complexity index is 1010. The zero-order valence-electron chi connectivity index (χ0n) is 18.1. The molecule has 0 aliphatic carbocycles. The zero-order valence-corrected chi connectivity index (χ0v) is 20.5. The van der Waals surface area contributed by atoms with Gasteiger partial charge in [-0.3, -0.25) is 13.9 Å². The van der Waals surface area contributed by atoms with Crippen LogP contribution in [0.25, 0.3) is 0 Å². The molecule has 0 radical (unpaired) electrons. The fourth-order valence-electron chi connectivity index (χ4n) is 3.02. The Morgan fingerprint density at radius 2 is 1.58 bits per heavy atom. The summed E-state index contributed by atoms with van der Waals surface area (Å²) in [6.07, 6.45) is 1.05. The summed E-state index contributed by atoms with van der Waals surface area (Å²) in [5.74, 6) is -0.775. The van der Waals surface area contributed by atoms with Crippen molar-refractivity contribution in [2.24, 2.45) is 0 Å². The van der Waals surface area contributed by atoms with Crippen molar-refractivity contribution in [1.82, 2.24) is 10.2 Å². The van der Waals surface area contributed by atoms with Gasteiger partial charge in [0.1, 0.15) is 12.6 Å². The van der Waals surface area contributed by atoms with Crippen molar-refractivity contribution in [2.45, 2.75) is 39.4 Å². The van der Waals surface area contributed by atoms with Gasteiger partial charge in [-0.05, 0) is 54.4 Å². The fraction of sp³-hybridized carbons (Fsp3) is 0.364. The lowest BCUT2D eigenvalue weighted by Gasteiger charge is -2.32. The summed E-state index contributed by atoms with van der Waals surface area (Å²) in [6.45, 7) is 5.08. The van der Waals surface area contributed by atoms with Crippen molar-refractivity contribution in [3.05, 3.63) is 64.6 Å². The summed E-state index contributed by atoms with van der Waals surface area (Å²) in [5.41, 5.74) is 1.20. The molecule has 2 rings (SSSR count). The first-order valence-electron chi connectivity index (χ1n) is 9.86. The van der Waals surface area contributed by atoms with Gasteiger partial charge in [0.15, 0.2) is 0 Å². The highest BCUT2D eigenvalue weighted by atomic mass is 79.9. The van der Waals surface area contributed by atoms with Gasteiger partial charge in [0.2, 0.25) is 21.8 Å². The van der Waals surface area contributed by atoms with Crippen molar-refractivity contribution < 1.29 is 18.0 Å². The van der Waals surface area contributed by atoms with Gasteiger partial charge in [0.05, 0.1) is 11.9 Å². The van der Waals surface area contributed by atoms with Crippen LogP contribution in [0.1, 0.15) is 26.3 Å². The number of hydrogen-bond donors (Lipinski definition) is 1. The molecule has 1 N–H and O–H groups in total. The Morgan fingerprint density at radius 1 is 1.00 bits per heavy atom. The van der Waals surface area contributed by atoms with E-state index in [9.17, 15) is 18.0 Å². The molecule has 0 bridgehead atoms. The highest BCUT2D eigenvalue weighted by molar-refractivity contribution is 9.10. The number of nitrogens with zero attached hydrogens (tertiary/aromatic N) is 2. The number of hydrogen-bond acceptors (Lipinski definition) is 4. The maximum Gasteiger partial charge on any atom is 0.244 e. The lowest BCUT2D eigenvalue weighted by molar-refractivity contribution is -0.139. The zero-order chi connectivity index (χ0) is 23.2. The van der Waals surface area contributed by atoms with E-state index < -0.39 is 28.5 Å².